The Balaban J connectivity index is 1.95. The Morgan fingerprint density at radius 2 is 1.72 bits per heavy atom. The third-order valence-electron chi connectivity index (χ3n) is 4.62. The highest BCUT2D eigenvalue weighted by atomic mass is 35.5. The van der Waals surface area contributed by atoms with Crippen molar-refractivity contribution >= 4 is 50.5 Å². The fourth-order valence-corrected chi connectivity index (χ4v) is 5.14. The summed E-state index contributed by atoms with van der Waals surface area (Å²) >= 11 is 12.0. The van der Waals surface area contributed by atoms with Crippen LogP contribution in [0.5, 0.6) is 0 Å². The maximum atomic E-state index is 12.9. The van der Waals surface area contributed by atoms with Gasteiger partial charge in [0.15, 0.2) is 0 Å². The van der Waals surface area contributed by atoms with Gasteiger partial charge in [-0.1, -0.05) is 30.1 Å². The van der Waals surface area contributed by atoms with E-state index in [0.29, 0.717) is 34.4 Å². The average Bonchev–Trinajstić information content (AvgIpc) is 3.19. The monoisotopic (exact) mass is 455 g/mol. The summed E-state index contributed by atoms with van der Waals surface area (Å²) in [7, 11) is -3.75. The van der Waals surface area contributed by atoms with E-state index < -0.39 is 15.9 Å². The number of rotatable bonds is 7. The summed E-state index contributed by atoms with van der Waals surface area (Å²) in [5.74, 6) is -0.441. The lowest BCUT2D eigenvalue weighted by atomic mass is 10.1. The van der Waals surface area contributed by atoms with Crippen LogP contribution in [0.2, 0.25) is 10.0 Å². The van der Waals surface area contributed by atoms with Crippen molar-refractivity contribution in [2.75, 3.05) is 29.9 Å². The summed E-state index contributed by atoms with van der Waals surface area (Å²) in [6.45, 7) is 3.81. The van der Waals surface area contributed by atoms with E-state index in [-0.39, 0.29) is 10.5 Å². The maximum absolute atomic E-state index is 12.9. The molecule has 0 atom stereocenters. The molecule has 0 aliphatic carbocycles. The molecule has 0 unspecified atom stereocenters. The van der Waals surface area contributed by atoms with Gasteiger partial charge in [0.2, 0.25) is 10.0 Å². The molecule has 1 aliphatic rings. The molecule has 2 N–H and O–H groups in total. The second-order valence-electron chi connectivity index (χ2n) is 6.89. The van der Waals surface area contributed by atoms with E-state index >= 15 is 0 Å². The van der Waals surface area contributed by atoms with E-state index in [0.717, 1.165) is 25.9 Å². The Labute approximate surface area is 181 Å². The molecule has 1 fully saturated rings. The van der Waals surface area contributed by atoms with Crippen molar-refractivity contribution in [2.24, 2.45) is 0 Å². The first-order valence-electron chi connectivity index (χ1n) is 9.46. The second kappa shape index (κ2) is 9.34. The zero-order chi connectivity index (χ0) is 21.0. The molecule has 29 heavy (non-hydrogen) atoms. The molecule has 2 aromatic rings. The molecule has 0 spiro atoms. The Morgan fingerprint density at radius 3 is 2.34 bits per heavy atom. The van der Waals surface area contributed by atoms with Crippen LogP contribution in [0.3, 0.4) is 0 Å². The molecule has 9 heteroatoms. The van der Waals surface area contributed by atoms with Crippen molar-refractivity contribution in [3.8, 4) is 0 Å². The van der Waals surface area contributed by atoms with Gasteiger partial charge in [-0.15, -0.1) is 0 Å². The number of nitrogens with one attached hydrogen (secondary N) is 2. The molecule has 0 bridgehead atoms. The van der Waals surface area contributed by atoms with Crippen LogP contribution in [-0.4, -0.2) is 34.0 Å². The number of carbonyl (C=O) groups excluding carboxylic acids is 1. The first kappa shape index (κ1) is 21.9. The number of hydrogen-bond donors (Lipinski definition) is 2. The Bertz CT molecular complexity index is 986. The highest BCUT2D eigenvalue weighted by molar-refractivity contribution is 7.89. The van der Waals surface area contributed by atoms with Gasteiger partial charge in [0.05, 0.1) is 5.69 Å². The third-order valence-corrected chi connectivity index (χ3v) is 6.55. The second-order valence-corrected chi connectivity index (χ2v) is 9.49. The number of amides is 1. The number of benzene rings is 2. The van der Waals surface area contributed by atoms with Crippen molar-refractivity contribution in [3.63, 3.8) is 0 Å². The van der Waals surface area contributed by atoms with Crippen LogP contribution in [0, 0.1) is 0 Å². The smallest absolute Gasteiger partial charge is 0.255 e. The largest absolute Gasteiger partial charge is 0.370 e. The number of halogens is 2. The van der Waals surface area contributed by atoms with Crippen LogP contribution in [0.25, 0.3) is 0 Å². The lowest BCUT2D eigenvalue weighted by Gasteiger charge is -2.22. The van der Waals surface area contributed by atoms with E-state index in [2.05, 4.69) is 10.0 Å². The first-order chi connectivity index (χ1) is 13.8. The molecule has 0 radical (unpaired) electrons. The topological polar surface area (TPSA) is 78.5 Å². The normalized spacial score (nSPS) is 14.2. The predicted molar refractivity (Wildman–Crippen MR) is 118 cm³/mol. The molecule has 156 valence electrons. The van der Waals surface area contributed by atoms with E-state index in [1.807, 2.05) is 11.8 Å². The van der Waals surface area contributed by atoms with E-state index in [1.165, 1.54) is 6.07 Å². The molecule has 6 nitrogen and oxygen atoms in total. The molecule has 2 aromatic carbocycles. The molecular formula is C20H23Cl2N3O3S. The minimum absolute atomic E-state index is 0.115. The fraction of sp³-hybridized carbons (Fsp3) is 0.350. The minimum Gasteiger partial charge on any atom is -0.370 e. The van der Waals surface area contributed by atoms with Gasteiger partial charge in [0.1, 0.15) is 4.90 Å². The van der Waals surface area contributed by atoms with Crippen LogP contribution in [0.1, 0.15) is 36.5 Å². The third kappa shape index (κ3) is 5.42. The summed E-state index contributed by atoms with van der Waals surface area (Å²) < 4.78 is 28.4. The van der Waals surface area contributed by atoms with E-state index in [4.69, 9.17) is 23.2 Å². The summed E-state index contributed by atoms with van der Waals surface area (Å²) in [6.07, 6.45) is 2.70. The standard InChI is InChI=1S/C20H23Cl2N3O3S/c1-2-7-23-29(27,28)19-10-14(5-6-18(19)25-8-3-4-9-25)20(26)24-17-12-15(21)11-16(22)13-17/h5-6,10-13,23H,2-4,7-9H2,1H3,(H,24,26). The molecule has 1 aliphatic heterocycles. The van der Waals surface area contributed by atoms with Gasteiger partial charge in [0, 0.05) is 40.9 Å². The van der Waals surface area contributed by atoms with Crippen LogP contribution >= 0.6 is 23.2 Å². The fourth-order valence-electron chi connectivity index (χ4n) is 3.23. The zero-order valence-corrected chi connectivity index (χ0v) is 18.4. The molecule has 0 saturated carbocycles. The highest BCUT2D eigenvalue weighted by Crippen LogP contribution is 2.30. The number of hydrogen-bond acceptors (Lipinski definition) is 4. The Hall–Kier alpha value is -1.80. The summed E-state index contributed by atoms with van der Waals surface area (Å²) in [4.78, 5) is 14.9. The summed E-state index contributed by atoms with van der Waals surface area (Å²) in [5, 5.41) is 3.50. The molecule has 1 heterocycles. The van der Waals surface area contributed by atoms with Crippen LogP contribution in [-0.2, 0) is 10.0 Å². The van der Waals surface area contributed by atoms with Crippen molar-refractivity contribution in [1.82, 2.24) is 4.72 Å². The van der Waals surface area contributed by atoms with Gasteiger partial charge in [-0.25, -0.2) is 13.1 Å². The van der Waals surface area contributed by atoms with Gasteiger partial charge < -0.3 is 10.2 Å². The predicted octanol–water partition coefficient (Wildman–Crippen LogP) is 4.53. The molecule has 0 aromatic heterocycles. The van der Waals surface area contributed by atoms with Crippen LogP contribution in [0.15, 0.2) is 41.3 Å². The number of nitrogens with zero attached hydrogens (tertiary/aromatic N) is 1. The SMILES string of the molecule is CCCNS(=O)(=O)c1cc(C(=O)Nc2cc(Cl)cc(Cl)c2)ccc1N1CCCC1. The van der Waals surface area contributed by atoms with Crippen molar-refractivity contribution < 1.29 is 13.2 Å². The average molecular weight is 456 g/mol. The first-order valence-corrected chi connectivity index (χ1v) is 11.7. The quantitative estimate of drug-likeness (QED) is 0.642. The van der Waals surface area contributed by atoms with Gasteiger partial charge in [0.25, 0.3) is 5.91 Å². The van der Waals surface area contributed by atoms with Gasteiger partial charge in [-0.05, 0) is 55.7 Å². The lowest BCUT2D eigenvalue weighted by molar-refractivity contribution is 0.102. The zero-order valence-electron chi connectivity index (χ0n) is 16.0. The summed E-state index contributed by atoms with van der Waals surface area (Å²) in [5.41, 5.74) is 1.29. The molecular weight excluding hydrogens is 433 g/mol. The van der Waals surface area contributed by atoms with Gasteiger partial charge in [-0.2, -0.15) is 0 Å². The van der Waals surface area contributed by atoms with Crippen molar-refractivity contribution in [2.45, 2.75) is 31.1 Å². The van der Waals surface area contributed by atoms with Gasteiger partial charge >= 0.3 is 0 Å². The van der Waals surface area contributed by atoms with Crippen molar-refractivity contribution in [3.05, 3.63) is 52.0 Å². The molecule has 1 saturated heterocycles. The lowest BCUT2D eigenvalue weighted by Crippen LogP contribution is -2.28. The van der Waals surface area contributed by atoms with Gasteiger partial charge in [-0.3, -0.25) is 4.79 Å². The Morgan fingerprint density at radius 1 is 1.07 bits per heavy atom. The molecule has 1 amide bonds. The summed E-state index contributed by atoms with van der Waals surface area (Å²) in [6, 6.07) is 9.47. The molecule has 3 rings (SSSR count). The van der Waals surface area contributed by atoms with E-state index in [9.17, 15) is 13.2 Å². The van der Waals surface area contributed by atoms with Crippen molar-refractivity contribution in [1.29, 1.82) is 0 Å². The highest BCUT2D eigenvalue weighted by Gasteiger charge is 2.25. The number of sulfonamides is 1. The minimum atomic E-state index is -3.75. The van der Waals surface area contributed by atoms with E-state index in [1.54, 1.807) is 30.3 Å². The van der Waals surface area contributed by atoms with Crippen LogP contribution < -0.4 is 14.9 Å². The van der Waals surface area contributed by atoms with Crippen LogP contribution in [0.4, 0.5) is 11.4 Å². The number of carbonyl (C=O) groups is 1. The Kier molecular flexibility index (Phi) is 7.05. The maximum Gasteiger partial charge on any atom is 0.255 e. The number of anilines is 2.